The number of carbonyl (C=O) groups excluding carboxylic acids is 2. The van der Waals surface area contributed by atoms with Gasteiger partial charge in [0.15, 0.2) is 0 Å². The zero-order valence-electron chi connectivity index (χ0n) is 11.7. The molecule has 0 bridgehead atoms. The number of imide groups is 1. The molecule has 0 saturated carbocycles. The Morgan fingerprint density at radius 1 is 1.00 bits per heavy atom. The molecule has 0 aliphatic carbocycles. The summed E-state index contributed by atoms with van der Waals surface area (Å²) in [5, 5.41) is 4.17. The largest absolute Gasteiger partial charge is 0.372 e. The van der Waals surface area contributed by atoms with E-state index in [0.29, 0.717) is 21.4 Å². The van der Waals surface area contributed by atoms with Crippen molar-refractivity contribution in [2.75, 3.05) is 10.2 Å². The molecule has 0 aromatic heterocycles. The second-order valence-corrected chi connectivity index (χ2v) is 6.29. The minimum Gasteiger partial charge on any atom is -0.372 e. The molecule has 1 aliphatic heterocycles. The van der Waals surface area contributed by atoms with Crippen molar-refractivity contribution in [3.8, 4) is 0 Å². The first-order valence-corrected chi connectivity index (χ1v) is 7.93. The summed E-state index contributed by atoms with van der Waals surface area (Å²) in [6.07, 6.45) is 0.0308. The molecule has 4 nitrogen and oxygen atoms in total. The summed E-state index contributed by atoms with van der Waals surface area (Å²) in [7, 11) is 0. The molecule has 1 atom stereocenters. The lowest BCUT2D eigenvalue weighted by Crippen LogP contribution is -2.35. The summed E-state index contributed by atoms with van der Waals surface area (Å²) in [5.74, 6) is -0.706. The maximum Gasteiger partial charge on any atom is 0.256 e. The Hall–Kier alpha value is -1.75. The van der Waals surface area contributed by atoms with Gasteiger partial charge in [0.2, 0.25) is 5.91 Å². The Bertz CT molecular complexity index is 795. The first-order chi connectivity index (χ1) is 11.0. The molecule has 7 heteroatoms. The number of anilines is 2. The number of nitrogens with zero attached hydrogens (tertiary/aromatic N) is 1. The number of hydrogen-bond acceptors (Lipinski definition) is 3. The lowest BCUT2D eigenvalue weighted by molar-refractivity contribution is -0.121. The van der Waals surface area contributed by atoms with Gasteiger partial charge in [-0.25, -0.2) is 4.90 Å². The van der Waals surface area contributed by atoms with E-state index < -0.39 is 6.04 Å². The molecule has 2 aromatic carbocycles. The third-order valence-electron chi connectivity index (χ3n) is 3.50. The van der Waals surface area contributed by atoms with E-state index in [9.17, 15) is 9.59 Å². The summed E-state index contributed by atoms with van der Waals surface area (Å²) in [6.45, 7) is 0. The number of para-hydroxylation sites is 1. The first kappa shape index (κ1) is 16.1. The van der Waals surface area contributed by atoms with Crippen molar-refractivity contribution in [2.45, 2.75) is 12.5 Å². The number of carbonyl (C=O) groups is 2. The number of benzene rings is 2. The van der Waals surface area contributed by atoms with Crippen molar-refractivity contribution >= 4 is 58.0 Å². The molecule has 118 valence electrons. The van der Waals surface area contributed by atoms with Crippen LogP contribution in [0.15, 0.2) is 42.5 Å². The van der Waals surface area contributed by atoms with Crippen LogP contribution in [-0.4, -0.2) is 17.9 Å². The van der Waals surface area contributed by atoms with Crippen LogP contribution in [0.2, 0.25) is 15.1 Å². The zero-order chi connectivity index (χ0) is 16.6. The van der Waals surface area contributed by atoms with E-state index in [-0.39, 0.29) is 23.3 Å². The van der Waals surface area contributed by atoms with E-state index >= 15 is 0 Å². The fraction of sp³-hybridized carbons (Fsp3) is 0.125. The number of hydrogen-bond donors (Lipinski definition) is 1. The monoisotopic (exact) mass is 368 g/mol. The highest BCUT2D eigenvalue weighted by Gasteiger charge is 2.40. The van der Waals surface area contributed by atoms with Gasteiger partial charge in [-0.15, -0.1) is 0 Å². The second kappa shape index (κ2) is 6.40. The fourth-order valence-corrected chi connectivity index (χ4v) is 3.11. The summed E-state index contributed by atoms with van der Waals surface area (Å²) < 4.78 is 0. The van der Waals surface area contributed by atoms with Crippen LogP contribution in [-0.2, 0) is 9.59 Å². The smallest absolute Gasteiger partial charge is 0.256 e. The van der Waals surface area contributed by atoms with Crippen LogP contribution in [0.4, 0.5) is 11.4 Å². The topological polar surface area (TPSA) is 49.4 Å². The number of amides is 2. The molecule has 1 heterocycles. The average Bonchev–Trinajstić information content (AvgIpc) is 2.77. The third kappa shape index (κ3) is 3.15. The molecule has 2 aromatic rings. The van der Waals surface area contributed by atoms with Gasteiger partial charge in [0, 0.05) is 5.02 Å². The van der Waals surface area contributed by atoms with Gasteiger partial charge in [0.05, 0.1) is 27.8 Å². The lowest BCUT2D eigenvalue weighted by atomic mass is 10.2. The molecule has 0 spiro atoms. The molecule has 1 saturated heterocycles. The van der Waals surface area contributed by atoms with Crippen LogP contribution in [0.1, 0.15) is 6.42 Å². The molecular formula is C16H11Cl3N2O2. The van der Waals surface area contributed by atoms with E-state index in [1.165, 1.54) is 6.07 Å². The van der Waals surface area contributed by atoms with Crippen molar-refractivity contribution < 1.29 is 9.59 Å². The van der Waals surface area contributed by atoms with Crippen molar-refractivity contribution in [1.82, 2.24) is 0 Å². The van der Waals surface area contributed by atoms with Crippen LogP contribution < -0.4 is 10.2 Å². The summed E-state index contributed by atoms with van der Waals surface area (Å²) in [4.78, 5) is 25.9. The van der Waals surface area contributed by atoms with Crippen LogP contribution >= 0.6 is 34.8 Å². The minimum absolute atomic E-state index is 0.0308. The molecular weight excluding hydrogens is 359 g/mol. The van der Waals surface area contributed by atoms with Crippen LogP contribution in [0.25, 0.3) is 0 Å². The molecule has 0 radical (unpaired) electrons. The lowest BCUT2D eigenvalue weighted by Gasteiger charge is -2.17. The molecule has 1 fully saturated rings. The van der Waals surface area contributed by atoms with Crippen LogP contribution in [0.5, 0.6) is 0 Å². The number of halogens is 3. The zero-order valence-corrected chi connectivity index (χ0v) is 14.0. The Morgan fingerprint density at radius 2 is 1.74 bits per heavy atom. The van der Waals surface area contributed by atoms with E-state index in [4.69, 9.17) is 34.8 Å². The second-order valence-electron chi connectivity index (χ2n) is 5.04. The van der Waals surface area contributed by atoms with Crippen LogP contribution in [0.3, 0.4) is 0 Å². The number of nitrogens with one attached hydrogen (secondary N) is 1. The Kier molecular flexibility index (Phi) is 4.48. The first-order valence-electron chi connectivity index (χ1n) is 6.80. The molecule has 23 heavy (non-hydrogen) atoms. The highest BCUT2D eigenvalue weighted by atomic mass is 35.5. The Labute approximate surface area is 147 Å². The van der Waals surface area contributed by atoms with Crippen molar-refractivity contribution in [2.24, 2.45) is 0 Å². The standard InChI is InChI=1S/C16H11Cl3N2O2/c17-9-5-6-14(11(19)7-9)21-15(22)8-13(16(21)23)20-12-4-2-1-3-10(12)18/h1-7,13,20H,8H2/t13-/m0/s1. The maximum atomic E-state index is 12.6. The van der Waals surface area contributed by atoms with E-state index in [2.05, 4.69) is 5.32 Å². The third-order valence-corrected chi connectivity index (χ3v) is 4.37. The van der Waals surface area contributed by atoms with E-state index in [0.717, 1.165) is 4.90 Å². The summed E-state index contributed by atoms with van der Waals surface area (Å²) in [5.41, 5.74) is 0.930. The maximum absolute atomic E-state index is 12.6. The molecule has 1 N–H and O–H groups in total. The van der Waals surface area contributed by atoms with Gasteiger partial charge in [0.1, 0.15) is 6.04 Å². The Morgan fingerprint density at radius 3 is 2.43 bits per heavy atom. The molecule has 0 unspecified atom stereocenters. The quantitative estimate of drug-likeness (QED) is 0.816. The Balaban J connectivity index is 1.87. The van der Waals surface area contributed by atoms with E-state index in [1.807, 2.05) is 0 Å². The molecule has 2 amide bonds. The highest BCUT2D eigenvalue weighted by Crippen LogP contribution is 2.33. The summed E-state index contributed by atoms with van der Waals surface area (Å²) in [6, 6.07) is 11.0. The SMILES string of the molecule is O=C1C[C@H](Nc2ccccc2Cl)C(=O)N1c1ccc(Cl)cc1Cl. The van der Waals surface area contributed by atoms with Gasteiger partial charge in [0.25, 0.3) is 5.91 Å². The fourth-order valence-electron chi connectivity index (χ4n) is 2.43. The molecule has 1 aliphatic rings. The van der Waals surface area contributed by atoms with Crippen LogP contribution in [0, 0.1) is 0 Å². The van der Waals surface area contributed by atoms with Gasteiger partial charge in [-0.2, -0.15) is 0 Å². The molecule has 3 rings (SSSR count). The average molecular weight is 370 g/mol. The van der Waals surface area contributed by atoms with Gasteiger partial charge in [-0.05, 0) is 30.3 Å². The van der Waals surface area contributed by atoms with Crippen molar-refractivity contribution in [1.29, 1.82) is 0 Å². The van der Waals surface area contributed by atoms with Crippen molar-refractivity contribution in [3.63, 3.8) is 0 Å². The highest BCUT2D eigenvalue weighted by molar-refractivity contribution is 6.38. The summed E-state index contributed by atoms with van der Waals surface area (Å²) >= 11 is 18.0. The number of rotatable bonds is 3. The van der Waals surface area contributed by atoms with Gasteiger partial charge < -0.3 is 5.32 Å². The van der Waals surface area contributed by atoms with E-state index in [1.54, 1.807) is 36.4 Å². The predicted molar refractivity (Wildman–Crippen MR) is 92.4 cm³/mol. The minimum atomic E-state index is -0.686. The van der Waals surface area contributed by atoms with Gasteiger partial charge >= 0.3 is 0 Å². The van der Waals surface area contributed by atoms with Crippen molar-refractivity contribution in [3.05, 3.63) is 57.5 Å². The van der Waals surface area contributed by atoms with Gasteiger partial charge in [-0.1, -0.05) is 46.9 Å². The normalized spacial score (nSPS) is 17.7. The van der Waals surface area contributed by atoms with Gasteiger partial charge in [-0.3, -0.25) is 9.59 Å². The predicted octanol–water partition coefficient (Wildman–Crippen LogP) is 4.39.